The van der Waals surface area contributed by atoms with Crippen molar-refractivity contribution in [2.75, 3.05) is 27.6 Å². The van der Waals surface area contributed by atoms with Crippen molar-refractivity contribution in [3.8, 4) is 23.0 Å². The normalized spacial score (nSPS) is 11.9. The number of aromatic nitrogens is 2. The summed E-state index contributed by atoms with van der Waals surface area (Å²) in [5, 5.41) is 4.64. The third kappa shape index (κ3) is 6.87. The molecule has 0 radical (unpaired) electrons. The lowest BCUT2D eigenvalue weighted by Crippen LogP contribution is -2.26. The molecule has 230 valence electrons. The summed E-state index contributed by atoms with van der Waals surface area (Å²) >= 11 is 7.52. The molecule has 0 unspecified atom stereocenters. The highest BCUT2D eigenvalue weighted by molar-refractivity contribution is 7.98. The van der Waals surface area contributed by atoms with Crippen molar-refractivity contribution in [2.45, 2.75) is 23.9 Å². The second-order valence-electron chi connectivity index (χ2n) is 10.3. The minimum atomic E-state index is -0.186. The van der Waals surface area contributed by atoms with Gasteiger partial charge in [0.15, 0.2) is 28.2 Å². The second kappa shape index (κ2) is 13.5. The smallest absolute Gasteiger partial charge is 0.262 e. The summed E-state index contributed by atoms with van der Waals surface area (Å²) in [6, 6.07) is 23.9. The van der Waals surface area contributed by atoms with E-state index in [1.807, 2.05) is 54.6 Å². The van der Waals surface area contributed by atoms with Gasteiger partial charge in [-0.1, -0.05) is 53.7 Å². The minimum absolute atomic E-state index is 0.105. The quantitative estimate of drug-likeness (QED) is 0.136. The molecule has 5 aromatic rings. The number of fused-ring (bicyclic) bond motifs is 2. The third-order valence-electron chi connectivity index (χ3n) is 7.40. The fraction of sp³-hybridized carbons (Fsp3) is 0.206. The van der Waals surface area contributed by atoms with Crippen molar-refractivity contribution >= 4 is 40.2 Å². The van der Waals surface area contributed by atoms with Gasteiger partial charge in [-0.05, 0) is 65.6 Å². The summed E-state index contributed by atoms with van der Waals surface area (Å²) in [6.07, 6.45) is 0.638. The van der Waals surface area contributed by atoms with E-state index >= 15 is 0 Å². The van der Waals surface area contributed by atoms with Gasteiger partial charge in [0, 0.05) is 29.0 Å². The summed E-state index contributed by atoms with van der Waals surface area (Å²) < 4.78 is 23.3. The number of rotatable bonds is 11. The Balaban J connectivity index is 1.18. The van der Waals surface area contributed by atoms with Crippen LogP contribution in [0.2, 0.25) is 5.02 Å². The summed E-state index contributed by atoms with van der Waals surface area (Å²) in [6.45, 7) is 0.843. The Labute approximate surface area is 269 Å². The second-order valence-corrected chi connectivity index (χ2v) is 11.7. The van der Waals surface area contributed by atoms with Gasteiger partial charge in [0.1, 0.15) is 0 Å². The molecular weight excluding hydrogens is 614 g/mol. The zero-order chi connectivity index (χ0) is 31.3. The molecule has 1 aromatic heterocycles. The highest BCUT2D eigenvalue weighted by atomic mass is 35.5. The predicted octanol–water partition coefficient (Wildman–Crippen LogP) is 6.11. The van der Waals surface area contributed by atoms with Crippen LogP contribution in [0.25, 0.3) is 10.9 Å². The van der Waals surface area contributed by atoms with Crippen LogP contribution in [0.5, 0.6) is 23.0 Å². The van der Waals surface area contributed by atoms with Gasteiger partial charge in [-0.15, -0.1) is 0 Å². The van der Waals surface area contributed by atoms with E-state index in [0.717, 1.165) is 16.7 Å². The van der Waals surface area contributed by atoms with Crippen LogP contribution in [0.3, 0.4) is 0 Å². The van der Waals surface area contributed by atoms with Crippen LogP contribution >= 0.6 is 23.4 Å². The summed E-state index contributed by atoms with van der Waals surface area (Å²) in [7, 11) is 3.19. The van der Waals surface area contributed by atoms with Gasteiger partial charge in [0.05, 0.1) is 31.7 Å². The maximum atomic E-state index is 13.8. The van der Waals surface area contributed by atoms with E-state index in [0.29, 0.717) is 68.4 Å². The van der Waals surface area contributed by atoms with Crippen molar-refractivity contribution in [3.63, 3.8) is 0 Å². The van der Waals surface area contributed by atoms with E-state index in [2.05, 4.69) is 5.32 Å². The molecule has 2 heterocycles. The van der Waals surface area contributed by atoms with Crippen LogP contribution < -0.4 is 29.8 Å². The lowest BCUT2D eigenvalue weighted by Gasteiger charge is -2.14. The Hall–Kier alpha value is -4.67. The topological polar surface area (TPSA) is 101 Å². The largest absolute Gasteiger partial charge is 0.493 e. The first-order valence-electron chi connectivity index (χ1n) is 14.2. The Bertz CT molecular complexity index is 1910. The average Bonchev–Trinajstić information content (AvgIpc) is 3.53. The SMILES string of the molecule is COc1ccc(CCNC(=O)c2ccc(Cn3c(SCc4ccc(Cl)cc4)nc4cc5c(cc4c3=O)OCO5)cc2)cc1OC. The molecule has 9 nitrogen and oxygen atoms in total. The van der Waals surface area contributed by atoms with Gasteiger partial charge in [0.2, 0.25) is 6.79 Å². The van der Waals surface area contributed by atoms with E-state index in [-0.39, 0.29) is 24.8 Å². The molecular formula is C34H30ClN3O6S. The molecule has 0 saturated carbocycles. The number of hydrogen-bond donors (Lipinski definition) is 1. The number of methoxy groups -OCH3 is 2. The molecule has 1 aliphatic rings. The average molecular weight is 644 g/mol. The van der Waals surface area contributed by atoms with E-state index in [4.69, 9.17) is 35.5 Å². The van der Waals surface area contributed by atoms with Gasteiger partial charge in [-0.3, -0.25) is 14.2 Å². The monoisotopic (exact) mass is 643 g/mol. The molecule has 11 heteroatoms. The lowest BCUT2D eigenvalue weighted by molar-refractivity contribution is 0.0954. The van der Waals surface area contributed by atoms with Crippen LogP contribution in [0, 0.1) is 0 Å². The molecule has 0 fully saturated rings. The van der Waals surface area contributed by atoms with Gasteiger partial charge in [-0.2, -0.15) is 0 Å². The Morgan fingerprint density at radius 2 is 1.60 bits per heavy atom. The fourth-order valence-corrected chi connectivity index (χ4v) is 6.05. The molecule has 0 bridgehead atoms. The molecule has 4 aromatic carbocycles. The van der Waals surface area contributed by atoms with E-state index in [1.165, 1.54) is 11.8 Å². The van der Waals surface area contributed by atoms with Crippen molar-refractivity contribution in [3.05, 3.63) is 116 Å². The van der Waals surface area contributed by atoms with E-state index < -0.39 is 0 Å². The van der Waals surface area contributed by atoms with Crippen molar-refractivity contribution in [2.24, 2.45) is 0 Å². The number of amides is 1. The minimum Gasteiger partial charge on any atom is -0.493 e. The number of benzene rings is 4. The molecule has 0 atom stereocenters. The van der Waals surface area contributed by atoms with Crippen LogP contribution in [-0.4, -0.2) is 43.0 Å². The highest BCUT2D eigenvalue weighted by Gasteiger charge is 2.20. The molecule has 1 N–H and O–H groups in total. The number of carbonyl (C=O) groups excluding carboxylic acids is 1. The standard InChI is InChI=1S/C34H30ClN3O6S/c1-41-28-12-7-21(15-29(28)42-2)13-14-36-32(39)24-8-3-22(4-9-24)18-38-33(40)26-16-30-31(44-20-43-30)17-27(26)37-34(38)45-19-23-5-10-25(35)11-6-23/h3-12,15-17H,13-14,18-20H2,1-2H3,(H,36,39). The van der Waals surface area contributed by atoms with Gasteiger partial charge < -0.3 is 24.3 Å². The lowest BCUT2D eigenvalue weighted by atomic mass is 10.1. The van der Waals surface area contributed by atoms with Crippen LogP contribution in [0.15, 0.2) is 88.8 Å². The van der Waals surface area contributed by atoms with Crippen LogP contribution in [-0.2, 0) is 18.7 Å². The van der Waals surface area contributed by atoms with Gasteiger partial charge >= 0.3 is 0 Å². The number of nitrogens with zero attached hydrogens (tertiary/aromatic N) is 2. The number of thioether (sulfide) groups is 1. The van der Waals surface area contributed by atoms with Gasteiger partial charge in [0.25, 0.3) is 11.5 Å². The molecule has 1 aliphatic heterocycles. The highest BCUT2D eigenvalue weighted by Crippen LogP contribution is 2.35. The number of ether oxygens (including phenoxy) is 4. The number of nitrogens with one attached hydrogen (secondary N) is 1. The van der Waals surface area contributed by atoms with Crippen LogP contribution in [0.1, 0.15) is 27.0 Å². The first-order chi connectivity index (χ1) is 21.9. The maximum absolute atomic E-state index is 13.8. The van der Waals surface area contributed by atoms with Crippen LogP contribution in [0.4, 0.5) is 0 Å². The van der Waals surface area contributed by atoms with E-state index in [1.54, 1.807) is 43.1 Å². The van der Waals surface area contributed by atoms with E-state index in [9.17, 15) is 9.59 Å². The third-order valence-corrected chi connectivity index (χ3v) is 8.70. The number of hydrogen-bond acceptors (Lipinski definition) is 8. The fourth-order valence-electron chi connectivity index (χ4n) is 4.97. The Kier molecular flexibility index (Phi) is 9.13. The Morgan fingerprint density at radius 3 is 2.33 bits per heavy atom. The first-order valence-corrected chi connectivity index (χ1v) is 15.6. The molecule has 6 rings (SSSR count). The van der Waals surface area contributed by atoms with Crippen molar-refractivity contribution in [1.82, 2.24) is 14.9 Å². The predicted molar refractivity (Wildman–Crippen MR) is 174 cm³/mol. The van der Waals surface area contributed by atoms with Gasteiger partial charge in [-0.25, -0.2) is 4.98 Å². The zero-order valence-electron chi connectivity index (χ0n) is 24.7. The number of halogens is 1. The molecule has 0 aliphatic carbocycles. The Morgan fingerprint density at radius 1 is 0.911 bits per heavy atom. The maximum Gasteiger partial charge on any atom is 0.262 e. The summed E-state index contributed by atoms with van der Waals surface area (Å²) in [5.41, 5.74) is 3.81. The molecule has 1 amide bonds. The van der Waals surface area contributed by atoms with Crippen molar-refractivity contribution in [1.29, 1.82) is 0 Å². The molecule has 0 spiro atoms. The first kappa shape index (κ1) is 30.4. The summed E-state index contributed by atoms with van der Waals surface area (Å²) in [5.74, 6) is 2.82. The number of carbonyl (C=O) groups is 1. The zero-order valence-corrected chi connectivity index (χ0v) is 26.2. The molecule has 45 heavy (non-hydrogen) atoms. The van der Waals surface area contributed by atoms with Crippen molar-refractivity contribution < 1.29 is 23.7 Å². The summed E-state index contributed by atoms with van der Waals surface area (Å²) in [4.78, 5) is 31.5. The molecule has 0 saturated heterocycles.